The Morgan fingerprint density at radius 3 is 2.67 bits per heavy atom. The fourth-order valence-electron chi connectivity index (χ4n) is 1.25. The lowest BCUT2D eigenvalue weighted by Gasteiger charge is -2.12. The molecule has 0 bridgehead atoms. The first-order chi connectivity index (χ1) is 7.13. The third kappa shape index (κ3) is 4.39. The lowest BCUT2D eigenvalue weighted by Crippen LogP contribution is -2.29. The monoisotopic (exact) mass is 247 g/mol. The average Bonchev–Trinajstić information content (AvgIpc) is 2.20. The first-order valence-corrected chi connectivity index (χ1v) is 5.55. The Morgan fingerprint density at radius 1 is 1.33 bits per heavy atom. The standard InChI is InChI=1S/C11H15Cl2NO/c1-8(7-15-2)14-6-9-3-4-10(12)11(13)5-9/h3-5,8,14H,6-7H2,1-2H3/t8-/m0/s1. The van der Waals surface area contributed by atoms with Crippen molar-refractivity contribution in [2.45, 2.75) is 19.5 Å². The molecule has 15 heavy (non-hydrogen) atoms. The van der Waals surface area contributed by atoms with Crippen LogP contribution in [0.25, 0.3) is 0 Å². The topological polar surface area (TPSA) is 21.3 Å². The quantitative estimate of drug-likeness (QED) is 0.864. The van der Waals surface area contributed by atoms with Crippen LogP contribution in [0.4, 0.5) is 0 Å². The number of rotatable bonds is 5. The third-order valence-electron chi connectivity index (χ3n) is 2.06. The van der Waals surface area contributed by atoms with Crippen molar-refractivity contribution in [3.05, 3.63) is 33.8 Å². The highest BCUT2D eigenvalue weighted by molar-refractivity contribution is 6.42. The molecule has 0 aromatic heterocycles. The molecular weight excluding hydrogens is 233 g/mol. The van der Waals surface area contributed by atoms with Crippen LogP contribution in [0.15, 0.2) is 18.2 Å². The number of methoxy groups -OCH3 is 1. The van der Waals surface area contributed by atoms with Crippen molar-refractivity contribution in [2.75, 3.05) is 13.7 Å². The fourth-order valence-corrected chi connectivity index (χ4v) is 1.57. The SMILES string of the molecule is COC[C@H](C)NCc1ccc(Cl)c(Cl)c1. The highest BCUT2D eigenvalue weighted by atomic mass is 35.5. The van der Waals surface area contributed by atoms with E-state index in [1.165, 1.54) is 0 Å². The summed E-state index contributed by atoms with van der Waals surface area (Å²) in [6.45, 7) is 3.53. The molecule has 0 radical (unpaired) electrons. The van der Waals surface area contributed by atoms with E-state index in [0.29, 0.717) is 22.7 Å². The molecule has 0 amide bonds. The second-order valence-electron chi connectivity index (χ2n) is 3.49. The molecule has 0 unspecified atom stereocenters. The minimum Gasteiger partial charge on any atom is -0.383 e. The molecule has 1 atom stereocenters. The highest BCUT2D eigenvalue weighted by Crippen LogP contribution is 2.22. The second kappa shape index (κ2) is 6.33. The van der Waals surface area contributed by atoms with E-state index in [9.17, 15) is 0 Å². The van der Waals surface area contributed by atoms with Crippen LogP contribution < -0.4 is 5.32 Å². The Balaban J connectivity index is 2.47. The molecule has 1 rings (SSSR count). The molecule has 0 fully saturated rings. The number of ether oxygens (including phenoxy) is 1. The van der Waals surface area contributed by atoms with Crippen molar-refractivity contribution in [3.63, 3.8) is 0 Å². The van der Waals surface area contributed by atoms with Gasteiger partial charge in [-0.3, -0.25) is 0 Å². The van der Waals surface area contributed by atoms with Crippen molar-refractivity contribution in [2.24, 2.45) is 0 Å². The molecule has 1 aromatic carbocycles. The second-order valence-corrected chi connectivity index (χ2v) is 4.30. The first kappa shape index (κ1) is 12.8. The summed E-state index contributed by atoms with van der Waals surface area (Å²) >= 11 is 11.7. The van der Waals surface area contributed by atoms with Crippen molar-refractivity contribution >= 4 is 23.2 Å². The number of benzene rings is 1. The third-order valence-corrected chi connectivity index (χ3v) is 2.79. The zero-order chi connectivity index (χ0) is 11.3. The summed E-state index contributed by atoms with van der Waals surface area (Å²) in [5.74, 6) is 0. The van der Waals surface area contributed by atoms with Crippen molar-refractivity contribution in [1.29, 1.82) is 0 Å². The molecule has 0 aliphatic rings. The lowest BCUT2D eigenvalue weighted by atomic mass is 10.2. The zero-order valence-electron chi connectivity index (χ0n) is 8.89. The maximum Gasteiger partial charge on any atom is 0.0613 e. The van der Waals surface area contributed by atoms with E-state index in [4.69, 9.17) is 27.9 Å². The van der Waals surface area contributed by atoms with Gasteiger partial charge in [-0.15, -0.1) is 0 Å². The van der Waals surface area contributed by atoms with E-state index in [-0.39, 0.29) is 0 Å². The van der Waals surface area contributed by atoms with Crippen LogP contribution in [-0.4, -0.2) is 19.8 Å². The summed E-state index contributed by atoms with van der Waals surface area (Å²) in [6, 6.07) is 5.96. The molecule has 4 heteroatoms. The van der Waals surface area contributed by atoms with Crippen LogP contribution in [-0.2, 0) is 11.3 Å². The maximum absolute atomic E-state index is 5.91. The molecule has 0 heterocycles. The molecule has 1 aromatic rings. The van der Waals surface area contributed by atoms with Gasteiger partial charge in [-0.2, -0.15) is 0 Å². The summed E-state index contributed by atoms with van der Waals surface area (Å²) in [5, 5.41) is 4.50. The summed E-state index contributed by atoms with van der Waals surface area (Å²) in [6.07, 6.45) is 0. The lowest BCUT2D eigenvalue weighted by molar-refractivity contribution is 0.171. The van der Waals surface area contributed by atoms with Crippen molar-refractivity contribution in [3.8, 4) is 0 Å². The van der Waals surface area contributed by atoms with Gasteiger partial charge in [0.1, 0.15) is 0 Å². The van der Waals surface area contributed by atoms with Gasteiger partial charge in [-0.1, -0.05) is 29.3 Å². The summed E-state index contributed by atoms with van der Waals surface area (Å²) in [5.41, 5.74) is 1.12. The molecule has 0 aliphatic carbocycles. The minimum absolute atomic E-state index is 0.324. The van der Waals surface area contributed by atoms with E-state index in [1.54, 1.807) is 7.11 Å². The van der Waals surface area contributed by atoms with E-state index < -0.39 is 0 Å². The van der Waals surface area contributed by atoms with Gasteiger partial charge in [0.2, 0.25) is 0 Å². The van der Waals surface area contributed by atoms with Crippen LogP contribution in [0.1, 0.15) is 12.5 Å². The number of hydrogen-bond acceptors (Lipinski definition) is 2. The molecule has 0 spiro atoms. The van der Waals surface area contributed by atoms with Gasteiger partial charge in [0.15, 0.2) is 0 Å². The molecule has 84 valence electrons. The van der Waals surface area contributed by atoms with Gasteiger partial charge >= 0.3 is 0 Å². The zero-order valence-corrected chi connectivity index (χ0v) is 10.4. The van der Waals surface area contributed by atoms with Crippen LogP contribution >= 0.6 is 23.2 Å². The van der Waals surface area contributed by atoms with Crippen LogP contribution in [0.2, 0.25) is 10.0 Å². The molecule has 2 nitrogen and oxygen atoms in total. The normalized spacial score (nSPS) is 12.8. The Hall–Kier alpha value is -0.280. The molecule has 0 saturated carbocycles. The van der Waals surface area contributed by atoms with Gasteiger partial charge < -0.3 is 10.1 Å². The van der Waals surface area contributed by atoms with E-state index in [1.807, 2.05) is 18.2 Å². The Labute approximate surface area is 101 Å². The van der Waals surface area contributed by atoms with E-state index in [2.05, 4.69) is 12.2 Å². The van der Waals surface area contributed by atoms with E-state index in [0.717, 1.165) is 12.1 Å². The van der Waals surface area contributed by atoms with Crippen LogP contribution in [0.5, 0.6) is 0 Å². The summed E-state index contributed by atoms with van der Waals surface area (Å²) < 4.78 is 5.03. The van der Waals surface area contributed by atoms with Gasteiger partial charge in [0.05, 0.1) is 16.7 Å². The fraction of sp³-hybridized carbons (Fsp3) is 0.455. The molecule has 0 saturated heterocycles. The highest BCUT2D eigenvalue weighted by Gasteiger charge is 2.02. The number of hydrogen-bond donors (Lipinski definition) is 1. The van der Waals surface area contributed by atoms with Gasteiger partial charge in [0.25, 0.3) is 0 Å². The predicted molar refractivity (Wildman–Crippen MR) is 64.6 cm³/mol. The molecular formula is C11H15Cl2NO. The average molecular weight is 248 g/mol. The van der Waals surface area contributed by atoms with Gasteiger partial charge in [-0.05, 0) is 24.6 Å². The number of halogens is 2. The Bertz CT molecular complexity index is 317. The number of nitrogens with one attached hydrogen (secondary N) is 1. The molecule has 1 N–H and O–H groups in total. The maximum atomic E-state index is 5.91. The first-order valence-electron chi connectivity index (χ1n) is 4.79. The van der Waals surface area contributed by atoms with Crippen LogP contribution in [0, 0.1) is 0 Å². The summed E-state index contributed by atoms with van der Waals surface area (Å²) in [4.78, 5) is 0. The molecule has 0 aliphatic heterocycles. The predicted octanol–water partition coefficient (Wildman–Crippen LogP) is 3.12. The van der Waals surface area contributed by atoms with Crippen LogP contribution in [0.3, 0.4) is 0 Å². The smallest absolute Gasteiger partial charge is 0.0613 e. The summed E-state index contributed by atoms with van der Waals surface area (Å²) in [7, 11) is 1.69. The Kier molecular flexibility index (Phi) is 5.40. The van der Waals surface area contributed by atoms with Gasteiger partial charge in [-0.25, -0.2) is 0 Å². The largest absolute Gasteiger partial charge is 0.383 e. The van der Waals surface area contributed by atoms with E-state index >= 15 is 0 Å². The van der Waals surface area contributed by atoms with Gasteiger partial charge in [0, 0.05) is 19.7 Å². The minimum atomic E-state index is 0.324. The van der Waals surface area contributed by atoms with Crippen molar-refractivity contribution < 1.29 is 4.74 Å². The Morgan fingerprint density at radius 2 is 2.07 bits per heavy atom. The van der Waals surface area contributed by atoms with Crippen molar-refractivity contribution in [1.82, 2.24) is 5.32 Å².